The summed E-state index contributed by atoms with van der Waals surface area (Å²) in [6, 6.07) is 24.2. The molecule has 6 rings (SSSR count). The second-order valence-electron chi connectivity index (χ2n) is 16.6. The Kier molecular flexibility index (Phi) is 10.3. The molecule has 0 amide bonds. The molecule has 0 atom stereocenters. The summed E-state index contributed by atoms with van der Waals surface area (Å²) in [6.45, 7) is 28.3. The molecule has 0 saturated carbocycles. The third-order valence-corrected chi connectivity index (χ3v) is 24.8. The molecule has 266 valence electrons. The summed E-state index contributed by atoms with van der Waals surface area (Å²) in [5.41, 5.74) is 15.7. The highest BCUT2D eigenvalue weighted by atomic mass is 28.3. The zero-order valence-electron chi connectivity index (χ0n) is 33.2. The van der Waals surface area contributed by atoms with Crippen molar-refractivity contribution < 1.29 is 0 Å². The first-order valence-electron chi connectivity index (χ1n) is 19.2. The van der Waals surface area contributed by atoms with E-state index in [1.54, 1.807) is 0 Å². The van der Waals surface area contributed by atoms with Gasteiger partial charge in [0.05, 0.1) is 22.2 Å². The Hall–Kier alpha value is -4.30. The highest BCUT2D eigenvalue weighted by Gasteiger charge is 2.43. The van der Waals surface area contributed by atoms with Crippen LogP contribution < -0.4 is 5.43 Å². The van der Waals surface area contributed by atoms with E-state index in [4.69, 9.17) is 9.97 Å². The maximum absolute atomic E-state index is 14.1. The molecule has 0 fully saturated rings. The molecule has 6 aromatic rings. The van der Waals surface area contributed by atoms with E-state index in [2.05, 4.69) is 130 Å². The van der Waals surface area contributed by atoms with Gasteiger partial charge in [-0.25, -0.2) is 9.97 Å². The summed E-state index contributed by atoms with van der Waals surface area (Å²) >= 11 is 0. The van der Waals surface area contributed by atoms with Crippen LogP contribution >= 0.6 is 0 Å². The van der Waals surface area contributed by atoms with Crippen LogP contribution in [0.3, 0.4) is 0 Å². The summed E-state index contributed by atoms with van der Waals surface area (Å²) in [5.74, 6) is 7.69. The number of rotatable bonds is 6. The number of aromatic nitrogens is 2. The monoisotopic (exact) mass is 718 g/mol. The van der Waals surface area contributed by atoms with Crippen LogP contribution in [0.5, 0.6) is 0 Å². The molecule has 0 unspecified atom stereocenters. The van der Waals surface area contributed by atoms with Crippen LogP contribution in [0.25, 0.3) is 54.4 Å². The van der Waals surface area contributed by atoms with E-state index in [-0.39, 0.29) is 5.43 Å². The van der Waals surface area contributed by atoms with Gasteiger partial charge in [0.1, 0.15) is 27.2 Å². The van der Waals surface area contributed by atoms with Crippen LogP contribution in [0.4, 0.5) is 0 Å². The fraction of sp³-hybridized carbons (Fsp3) is 0.383. The Morgan fingerprint density at radius 3 is 0.962 bits per heavy atom. The average Bonchev–Trinajstić information content (AvgIpc) is 3.20. The van der Waals surface area contributed by atoms with Gasteiger partial charge in [-0.05, 0) is 33.2 Å². The summed E-state index contributed by atoms with van der Waals surface area (Å²) in [6.07, 6.45) is 0. The molecule has 0 aliphatic carbocycles. The second-order valence-corrected chi connectivity index (χ2v) is 27.8. The second kappa shape index (κ2) is 14.3. The van der Waals surface area contributed by atoms with Crippen LogP contribution in [0.1, 0.15) is 94.2 Å². The fourth-order valence-corrected chi connectivity index (χ4v) is 20.1. The maximum atomic E-state index is 14.1. The minimum absolute atomic E-state index is 0.0107. The zero-order valence-corrected chi connectivity index (χ0v) is 35.2. The van der Waals surface area contributed by atoms with Crippen molar-refractivity contribution in [2.75, 3.05) is 0 Å². The minimum atomic E-state index is -2.10. The highest BCUT2D eigenvalue weighted by Crippen LogP contribution is 2.43. The predicted octanol–water partition coefficient (Wildman–Crippen LogP) is 12.7. The summed E-state index contributed by atoms with van der Waals surface area (Å²) in [5, 5.41) is 5.00. The Morgan fingerprint density at radius 2 is 0.673 bits per heavy atom. The van der Waals surface area contributed by atoms with Crippen LogP contribution in [-0.4, -0.2) is 26.1 Å². The highest BCUT2D eigenvalue weighted by molar-refractivity contribution is 6.91. The fourth-order valence-electron chi connectivity index (χ4n) is 9.71. The molecule has 5 heteroatoms. The van der Waals surface area contributed by atoms with Crippen molar-refractivity contribution in [1.82, 2.24) is 9.97 Å². The van der Waals surface area contributed by atoms with Gasteiger partial charge in [0.15, 0.2) is 5.43 Å². The van der Waals surface area contributed by atoms with E-state index in [9.17, 15) is 4.79 Å². The van der Waals surface area contributed by atoms with Gasteiger partial charge < -0.3 is 0 Å². The molecule has 0 spiro atoms. The van der Waals surface area contributed by atoms with Gasteiger partial charge in [0, 0.05) is 32.3 Å². The normalized spacial score (nSPS) is 12.7. The van der Waals surface area contributed by atoms with E-state index in [0.717, 1.165) is 43.7 Å². The first kappa shape index (κ1) is 37.5. The molecule has 1 heterocycles. The van der Waals surface area contributed by atoms with Gasteiger partial charge >= 0.3 is 0 Å². The Bertz CT molecular complexity index is 2320. The number of nitrogens with zero attached hydrogens (tertiary/aromatic N) is 2. The molecule has 0 aliphatic rings. The zero-order chi connectivity index (χ0) is 37.7. The van der Waals surface area contributed by atoms with Crippen LogP contribution in [0.2, 0.25) is 33.2 Å². The predicted molar refractivity (Wildman–Crippen MR) is 232 cm³/mol. The largest absolute Gasteiger partial charge is 0.289 e. The number of hydrogen-bond donors (Lipinski definition) is 0. The smallest absolute Gasteiger partial charge is 0.194 e. The van der Waals surface area contributed by atoms with Crippen molar-refractivity contribution in [2.24, 2.45) is 0 Å². The van der Waals surface area contributed by atoms with E-state index in [1.165, 1.54) is 0 Å². The summed E-state index contributed by atoms with van der Waals surface area (Å²) in [7, 11) is -4.21. The topological polar surface area (TPSA) is 42.9 Å². The van der Waals surface area contributed by atoms with Crippen molar-refractivity contribution in [1.29, 1.82) is 0 Å². The van der Waals surface area contributed by atoms with E-state index < -0.39 is 16.1 Å². The molecular weight excluding hydrogens is 665 g/mol. The summed E-state index contributed by atoms with van der Waals surface area (Å²) in [4.78, 5) is 25.3. The molecule has 0 saturated heterocycles. The van der Waals surface area contributed by atoms with Crippen molar-refractivity contribution in [3.8, 4) is 22.9 Å². The quantitative estimate of drug-likeness (QED) is 0.0978. The van der Waals surface area contributed by atoms with Crippen LogP contribution in [0, 0.1) is 22.9 Å². The molecule has 0 radical (unpaired) electrons. The van der Waals surface area contributed by atoms with E-state index in [1.807, 2.05) is 48.5 Å². The van der Waals surface area contributed by atoms with Gasteiger partial charge in [-0.2, -0.15) is 0 Å². The molecule has 3 nitrogen and oxygen atoms in total. The van der Waals surface area contributed by atoms with Crippen molar-refractivity contribution >= 4 is 70.5 Å². The molecule has 5 aromatic carbocycles. The molecule has 0 aliphatic heterocycles. The molecule has 0 bridgehead atoms. The van der Waals surface area contributed by atoms with Gasteiger partial charge in [-0.15, -0.1) is 11.1 Å². The SMILES string of the molecule is CC(C)[Si](C#Cc1c2ccccc2c(C#C[Si](C(C)C)(C(C)C)C(C)C)c2nc3c4ccccc4c(=O)c4ccccc4c3nc12)(C(C)C)C(C)C. The average molecular weight is 719 g/mol. The number of benzene rings is 4. The van der Waals surface area contributed by atoms with Crippen LogP contribution in [0.15, 0.2) is 77.6 Å². The third-order valence-electron chi connectivity index (χ3n) is 12.2. The molecular formula is C47H54N2OSi2. The lowest BCUT2D eigenvalue weighted by Crippen LogP contribution is -2.43. The van der Waals surface area contributed by atoms with Crippen molar-refractivity contribution in [3.05, 3.63) is 94.1 Å². The Balaban J connectivity index is 1.92. The standard InChI is InChI=1S/C47H54N2OSi2/c1-29(2)51(30(3)4,31(5)6)27-25-39-35-19-13-14-20-36(35)40(26-28-52(32(7)8,33(9)10)34(11)12)46-45(39)48-43-37-21-15-17-23-41(37)47(50)42-24-18-16-22-38(42)44(43)49-46/h13-24,29-34H,1-12H3. The first-order chi connectivity index (χ1) is 24.7. The molecule has 1 aromatic heterocycles. The van der Waals surface area contributed by atoms with Gasteiger partial charge in [0.25, 0.3) is 0 Å². The summed E-state index contributed by atoms with van der Waals surface area (Å²) < 4.78 is 0. The van der Waals surface area contributed by atoms with Crippen LogP contribution in [-0.2, 0) is 0 Å². The lowest BCUT2D eigenvalue weighted by atomic mass is 9.97. The molecule has 0 N–H and O–H groups in total. The molecule has 52 heavy (non-hydrogen) atoms. The first-order valence-corrected chi connectivity index (χ1v) is 23.7. The van der Waals surface area contributed by atoms with E-state index >= 15 is 0 Å². The lowest BCUT2D eigenvalue weighted by Gasteiger charge is -2.38. The Morgan fingerprint density at radius 1 is 0.404 bits per heavy atom. The van der Waals surface area contributed by atoms with Gasteiger partial charge in [0.2, 0.25) is 0 Å². The number of fused-ring (bicyclic) bond motifs is 7. The van der Waals surface area contributed by atoms with Gasteiger partial charge in [-0.3, -0.25) is 4.79 Å². The van der Waals surface area contributed by atoms with Crippen molar-refractivity contribution in [2.45, 2.75) is 116 Å². The van der Waals surface area contributed by atoms with Crippen molar-refractivity contribution in [3.63, 3.8) is 0 Å². The van der Waals surface area contributed by atoms with E-state index in [0.29, 0.717) is 55.1 Å². The Labute approximate surface area is 312 Å². The lowest BCUT2D eigenvalue weighted by molar-refractivity contribution is 0.838. The van der Waals surface area contributed by atoms with Gasteiger partial charge in [-0.1, -0.05) is 168 Å². The minimum Gasteiger partial charge on any atom is -0.289 e. The third kappa shape index (κ3) is 5.87. The number of hydrogen-bond acceptors (Lipinski definition) is 3. The maximum Gasteiger partial charge on any atom is 0.194 e.